The SMILES string of the molecule is CN=C(NCCCN(C)C1CCCCC1)NC1CCN(C2CCCC2)C1. The molecule has 5 heteroatoms. The van der Waals surface area contributed by atoms with Crippen LogP contribution >= 0.6 is 0 Å². The highest BCUT2D eigenvalue weighted by molar-refractivity contribution is 5.79. The van der Waals surface area contributed by atoms with Gasteiger partial charge in [0.05, 0.1) is 0 Å². The second kappa shape index (κ2) is 10.5. The van der Waals surface area contributed by atoms with Gasteiger partial charge in [0, 0.05) is 44.8 Å². The number of guanidine groups is 1. The minimum Gasteiger partial charge on any atom is -0.356 e. The molecule has 1 unspecified atom stereocenters. The van der Waals surface area contributed by atoms with Crippen LogP contribution < -0.4 is 10.6 Å². The zero-order valence-electron chi connectivity index (χ0n) is 17.2. The summed E-state index contributed by atoms with van der Waals surface area (Å²) in [4.78, 5) is 9.73. The van der Waals surface area contributed by atoms with E-state index in [0.717, 1.165) is 24.6 Å². The Morgan fingerprint density at radius 3 is 2.50 bits per heavy atom. The van der Waals surface area contributed by atoms with Gasteiger partial charge in [-0.15, -0.1) is 0 Å². The van der Waals surface area contributed by atoms with E-state index in [1.165, 1.54) is 90.3 Å². The number of hydrogen-bond acceptors (Lipinski definition) is 3. The molecule has 2 N–H and O–H groups in total. The van der Waals surface area contributed by atoms with E-state index in [-0.39, 0.29) is 0 Å². The topological polar surface area (TPSA) is 42.9 Å². The zero-order chi connectivity index (χ0) is 18.2. The first-order chi connectivity index (χ1) is 12.8. The Hall–Kier alpha value is -0.810. The number of rotatable bonds is 7. The van der Waals surface area contributed by atoms with Crippen LogP contribution in [-0.2, 0) is 0 Å². The van der Waals surface area contributed by atoms with Crippen molar-refractivity contribution >= 4 is 5.96 Å². The molecule has 0 bridgehead atoms. The summed E-state index contributed by atoms with van der Waals surface area (Å²) in [5.74, 6) is 0.989. The number of hydrogen-bond donors (Lipinski definition) is 2. The number of nitrogens with zero attached hydrogens (tertiary/aromatic N) is 3. The van der Waals surface area contributed by atoms with Crippen molar-refractivity contribution in [2.24, 2.45) is 4.99 Å². The molecule has 150 valence electrons. The highest BCUT2D eigenvalue weighted by Gasteiger charge is 2.30. The molecule has 0 aromatic carbocycles. The van der Waals surface area contributed by atoms with Gasteiger partial charge in [-0.2, -0.15) is 0 Å². The first-order valence-electron chi connectivity index (χ1n) is 11.2. The standard InChI is InChI=1S/C21H41N5/c1-22-21(23-14-8-15-25(2)19-9-4-3-5-10-19)24-18-13-16-26(17-18)20-11-6-7-12-20/h18-20H,3-17H2,1-2H3,(H2,22,23,24). The molecule has 0 radical (unpaired) electrons. The van der Waals surface area contributed by atoms with Crippen LogP contribution in [0.1, 0.15) is 70.6 Å². The Balaban J connectivity index is 1.29. The molecule has 1 saturated heterocycles. The summed E-state index contributed by atoms with van der Waals surface area (Å²) >= 11 is 0. The van der Waals surface area contributed by atoms with Gasteiger partial charge in [0.25, 0.3) is 0 Å². The van der Waals surface area contributed by atoms with Crippen LogP contribution in [0.5, 0.6) is 0 Å². The Morgan fingerprint density at radius 2 is 1.77 bits per heavy atom. The van der Waals surface area contributed by atoms with Crippen molar-refractivity contribution in [2.75, 3.05) is 40.3 Å². The smallest absolute Gasteiger partial charge is 0.191 e. The molecule has 3 rings (SSSR count). The lowest BCUT2D eigenvalue weighted by atomic mass is 9.94. The van der Waals surface area contributed by atoms with E-state index in [9.17, 15) is 0 Å². The summed E-state index contributed by atoms with van der Waals surface area (Å²) in [6.07, 6.45) is 15.2. The minimum atomic E-state index is 0.562. The van der Waals surface area contributed by atoms with Crippen molar-refractivity contribution in [1.29, 1.82) is 0 Å². The van der Waals surface area contributed by atoms with E-state index in [1.807, 2.05) is 7.05 Å². The Kier molecular flexibility index (Phi) is 8.06. The molecule has 1 atom stereocenters. The number of likely N-dealkylation sites (tertiary alicyclic amines) is 1. The molecule has 1 heterocycles. The fourth-order valence-electron chi connectivity index (χ4n) is 5.13. The normalized spacial score (nSPS) is 26.7. The minimum absolute atomic E-state index is 0.562. The monoisotopic (exact) mass is 363 g/mol. The van der Waals surface area contributed by atoms with Gasteiger partial charge in [0.15, 0.2) is 5.96 Å². The lowest BCUT2D eigenvalue weighted by Gasteiger charge is -2.31. The van der Waals surface area contributed by atoms with Crippen LogP contribution in [0.2, 0.25) is 0 Å². The van der Waals surface area contributed by atoms with Crippen LogP contribution in [0, 0.1) is 0 Å². The maximum absolute atomic E-state index is 4.44. The molecule has 0 aromatic heterocycles. The first-order valence-corrected chi connectivity index (χ1v) is 11.2. The summed E-state index contributed by atoms with van der Waals surface area (Å²) in [6, 6.07) is 2.24. The molecular formula is C21H41N5. The summed E-state index contributed by atoms with van der Waals surface area (Å²) in [5, 5.41) is 7.19. The number of nitrogens with one attached hydrogen (secondary N) is 2. The molecule has 2 saturated carbocycles. The van der Waals surface area contributed by atoms with Crippen LogP contribution in [0.3, 0.4) is 0 Å². The van der Waals surface area contributed by atoms with E-state index < -0.39 is 0 Å². The van der Waals surface area contributed by atoms with Crippen molar-refractivity contribution in [1.82, 2.24) is 20.4 Å². The average molecular weight is 364 g/mol. The molecule has 1 aliphatic heterocycles. The third-order valence-electron chi connectivity index (χ3n) is 6.80. The van der Waals surface area contributed by atoms with Gasteiger partial charge in [-0.05, 0) is 52.1 Å². The lowest BCUT2D eigenvalue weighted by Crippen LogP contribution is -2.46. The Labute approximate surface area is 161 Å². The van der Waals surface area contributed by atoms with Crippen LogP contribution in [-0.4, -0.2) is 74.2 Å². The quantitative estimate of drug-likeness (QED) is 0.415. The number of aliphatic imine (C=N–C) groups is 1. The van der Waals surface area contributed by atoms with Gasteiger partial charge < -0.3 is 15.5 Å². The summed E-state index contributed by atoms with van der Waals surface area (Å²) in [6.45, 7) is 4.64. The highest BCUT2D eigenvalue weighted by atomic mass is 15.3. The van der Waals surface area contributed by atoms with Crippen LogP contribution in [0.4, 0.5) is 0 Å². The molecule has 0 aromatic rings. The Morgan fingerprint density at radius 1 is 1.04 bits per heavy atom. The average Bonchev–Trinajstić information content (AvgIpc) is 3.36. The van der Waals surface area contributed by atoms with E-state index >= 15 is 0 Å². The van der Waals surface area contributed by atoms with Gasteiger partial charge in [-0.25, -0.2) is 0 Å². The lowest BCUT2D eigenvalue weighted by molar-refractivity contribution is 0.190. The zero-order valence-corrected chi connectivity index (χ0v) is 17.2. The first kappa shape index (κ1) is 19.9. The molecule has 0 spiro atoms. The van der Waals surface area contributed by atoms with Gasteiger partial charge in [0.2, 0.25) is 0 Å². The van der Waals surface area contributed by atoms with Crippen LogP contribution in [0.25, 0.3) is 0 Å². The summed E-state index contributed by atoms with van der Waals surface area (Å²) < 4.78 is 0. The highest BCUT2D eigenvalue weighted by Crippen LogP contribution is 2.26. The fourth-order valence-corrected chi connectivity index (χ4v) is 5.13. The van der Waals surface area contributed by atoms with E-state index in [2.05, 4.69) is 32.5 Å². The van der Waals surface area contributed by atoms with Crippen LogP contribution in [0.15, 0.2) is 4.99 Å². The van der Waals surface area contributed by atoms with Gasteiger partial charge in [-0.1, -0.05) is 32.1 Å². The molecule has 5 nitrogen and oxygen atoms in total. The summed E-state index contributed by atoms with van der Waals surface area (Å²) in [7, 11) is 4.20. The maximum Gasteiger partial charge on any atom is 0.191 e. The van der Waals surface area contributed by atoms with E-state index in [4.69, 9.17) is 0 Å². The largest absolute Gasteiger partial charge is 0.356 e. The van der Waals surface area contributed by atoms with Crippen molar-refractivity contribution < 1.29 is 0 Å². The van der Waals surface area contributed by atoms with Crippen molar-refractivity contribution in [3.8, 4) is 0 Å². The fraction of sp³-hybridized carbons (Fsp3) is 0.952. The van der Waals surface area contributed by atoms with Crippen molar-refractivity contribution in [3.63, 3.8) is 0 Å². The molecule has 3 fully saturated rings. The van der Waals surface area contributed by atoms with Crippen molar-refractivity contribution in [2.45, 2.75) is 88.8 Å². The summed E-state index contributed by atoms with van der Waals surface area (Å²) in [5.41, 5.74) is 0. The van der Waals surface area contributed by atoms with Gasteiger partial charge in [0.1, 0.15) is 0 Å². The second-order valence-corrected chi connectivity index (χ2v) is 8.69. The van der Waals surface area contributed by atoms with E-state index in [1.54, 1.807) is 0 Å². The maximum atomic E-state index is 4.44. The molecule has 0 amide bonds. The molecule has 2 aliphatic carbocycles. The Bertz CT molecular complexity index is 426. The predicted molar refractivity (Wildman–Crippen MR) is 111 cm³/mol. The third kappa shape index (κ3) is 5.85. The van der Waals surface area contributed by atoms with Gasteiger partial charge >= 0.3 is 0 Å². The van der Waals surface area contributed by atoms with E-state index in [0.29, 0.717) is 6.04 Å². The third-order valence-corrected chi connectivity index (χ3v) is 6.80. The predicted octanol–water partition coefficient (Wildman–Crippen LogP) is 2.82. The molecule has 26 heavy (non-hydrogen) atoms. The molecule has 3 aliphatic rings. The second-order valence-electron chi connectivity index (χ2n) is 8.69. The van der Waals surface area contributed by atoms with Gasteiger partial charge in [-0.3, -0.25) is 9.89 Å². The molecular weight excluding hydrogens is 322 g/mol. The van der Waals surface area contributed by atoms with Crippen molar-refractivity contribution in [3.05, 3.63) is 0 Å².